The summed E-state index contributed by atoms with van der Waals surface area (Å²) in [4.78, 5) is 0. The molecule has 0 aliphatic heterocycles. The Morgan fingerprint density at radius 1 is 1.33 bits per heavy atom. The molecule has 0 saturated carbocycles. The number of hydrogen-bond donors (Lipinski definition) is 1. The number of hydrogen-bond acceptors (Lipinski definition) is 3. The molecular formula is C13H15ClN4. The highest BCUT2D eigenvalue weighted by molar-refractivity contribution is 6.32. The van der Waals surface area contributed by atoms with E-state index in [2.05, 4.69) is 41.4 Å². The molecule has 0 saturated heterocycles. The highest BCUT2D eigenvalue weighted by Gasteiger charge is 2.11. The number of nitrogens with zero attached hydrogens (tertiary/aromatic N) is 3. The molecule has 0 aliphatic rings. The smallest absolute Gasteiger partial charge is 0.136 e. The minimum Gasteiger partial charge on any atom is -0.323 e. The van der Waals surface area contributed by atoms with Gasteiger partial charge >= 0.3 is 0 Å². The predicted octanol–water partition coefficient (Wildman–Crippen LogP) is 2.49. The Kier molecular flexibility index (Phi) is 3.67. The third-order valence-corrected chi connectivity index (χ3v) is 3.16. The lowest BCUT2D eigenvalue weighted by molar-refractivity contribution is 0.680. The van der Waals surface area contributed by atoms with Crippen molar-refractivity contribution < 1.29 is 0 Å². The van der Waals surface area contributed by atoms with Crippen molar-refractivity contribution in [3.8, 4) is 0 Å². The van der Waals surface area contributed by atoms with Gasteiger partial charge in [0.05, 0.1) is 24.0 Å². The van der Waals surface area contributed by atoms with Crippen LogP contribution in [-0.4, -0.2) is 16.0 Å². The average Bonchev–Trinajstić information content (AvgIpc) is 2.60. The fourth-order valence-electron chi connectivity index (χ4n) is 1.76. The van der Waals surface area contributed by atoms with Crippen molar-refractivity contribution in [1.82, 2.24) is 9.78 Å². The van der Waals surface area contributed by atoms with Crippen LogP contribution in [-0.2, 0) is 6.54 Å². The van der Waals surface area contributed by atoms with Crippen LogP contribution in [0.3, 0.4) is 0 Å². The second kappa shape index (κ2) is 5.23. The topological polar surface area (TPSA) is 56.2 Å². The number of halogens is 1. The van der Waals surface area contributed by atoms with Gasteiger partial charge in [0.2, 0.25) is 0 Å². The van der Waals surface area contributed by atoms with E-state index in [-0.39, 0.29) is 0 Å². The standard InChI is InChI=1S/C13H15ClN4/c1-9-3-5-11(6-4-9)8-18-13(14)12(7-16-15)10(2)17-18/h3-7H,8,15H2,1-2H3/b16-7-. The number of benzene rings is 1. The first kappa shape index (κ1) is 12.6. The number of hydrazone groups is 1. The van der Waals surface area contributed by atoms with Gasteiger partial charge in [-0.15, -0.1) is 0 Å². The van der Waals surface area contributed by atoms with Gasteiger partial charge in [0, 0.05) is 0 Å². The molecule has 4 nitrogen and oxygen atoms in total. The lowest BCUT2D eigenvalue weighted by atomic mass is 10.1. The zero-order valence-corrected chi connectivity index (χ0v) is 11.1. The van der Waals surface area contributed by atoms with Crippen molar-refractivity contribution >= 4 is 17.8 Å². The van der Waals surface area contributed by atoms with Crippen molar-refractivity contribution in [2.24, 2.45) is 10.9 Å². The Morgan fingerprint density at radius 2 is 2.00 bits per heavy atom. The summed E-state index contributed by atoms with van der Waals surface area (Å²) in [5.41, 5.74) is 3.98. The fourth-order valence-corrected chi connectivity index (χ4v) is 2.04. The van der Waals surface area contributed by atoms with E-state index in [1.54, 1.807) is 4.68 Å². The summed E-state index contributed by atoms with van der Waals surface area (Å²) in [7, 11) is 0. The van der Waals surface area contributed by atoms with Crippen LogP contribution in [0.1, 0.15) is 22.4 Å². The molecule has 0 amide bonds. The zero-order chi connectivity index (χ0) is 13.1. The third-order valence-electron chi connectivity index (χ3n) is 2.77. The van der Waals surface area contributed by atoms with Crippen LogP contribution >= 0.6 is 11.6 Å². The van der Waals surface area contributed by atoms with Crippen molar-refractivity contribution in [2.45, 2.75) is 20.4 Å². The Balaban J connectivity index is 2.29. The monoisotopic (exact) mass is 262 g/mol. The maximum Gasteiger partial charge on any atom is 0.136 e. The Labute approximate surface area is 111 Å². The van der Waals surface area contributed by atoms with Crippen molar-refractivity contribution in [1.29, 1.82) is 0 Å². The number of rotatable bonds is 3. The van der Waals surface area contributed by atoms with E-state index in [0.717, 1.165) is 16.8 Å². The van der Waals surface area contributed by atoms with E-state index < -0.39 is 0 Å². The molecule has 2 rings (SSSR count). The first-order valence-corrected chi connectivity index (χ1v) is 6.01. The van der Waals surface area contributed by atoms with Gasteiger partial charge in [-0.05, 0) is 19.4 Å². The SMILES string of the molecule is Cc1ccc(Cn2nc(C)c(/C=N\N)c2Cl)cc1. The number of aromatic nitrogens is 2. The lowest BCUT2D eigenvalue weighted by Gasteiger charge is -2.04. The molecular weight excluding hydrogens is 248 g/mol. The molecule has 18 heavy (non-hydrogen) atoms. The largest absolute Gasteiger partial charge is 0.323 e. The number of nitrogens with two attached hydrogens (primary N) is 1. The maximum atomic E-state index is 6.24. The van der Waals surface area contributed by atoms with Crippen molar-refractivity contribution in [3.63, 3.8) is 0 Å². The van der Waals surface area contributed by atoms with E-state index in [4.69, 9.17) is 17.4 Å². The van der Waals surface area contributed by atoms with Crippen LogP contribution in [0.4, 0.5) is 0 Å². The van der Waals surface area contributed by atoms with Gasteiger partial charge in [-0.25, -0.2) is 4.68 Å². The van der Waals surface area contributed by atoms with Crippen molar-refractivity contribution in [2.75, 3.05) is 0 Å². The molecule has 2 N–H and O–H groups in total. The van der Waals surface area contributed by atoms with Gasteiger partial charge in [-0.2, -0.15) is 10.2 Å². The molecule has 1 aromatic carbocycles. The molecule has 94 valence electrons. The molecule has 5 heteroatoms. The van der Waals surface area contributed by atoms with Crippen LogP contribution in [0, 0.1) is 13.8 Å². The molecule has 0 radical (unpaired) electrons. The van der Waals surface area contributed by atoms with E-state index in [9.17, 15) is 0 Å². The van der Waals surface area contributed by atoms with Gasteiger partial charge in [0.1, 0.15) is 5.15 Å². The second-order valence-corrected chi connectivity index (χ2v) is 4.57. The lowest BCUT2D eigenvalue weighted by Crippen LogP contribution is -2.02. The van der Waals surface area contributed by atoms with Gasteiger partial charge in [-0.1, -0.05) is 41.4 Å². The maximum absolute atomic E-state index is 6.24. The van der Waals surface area contributed by atoms with E-state index in [1.807, 2.05) is 6.92 Å². The minimum atomic E-state index is 0.558. The highest BCUT2D eigenvalue weighted by atomic mass is 35.5. The highest BCUT2D eigenvalue weighted by Crippen LogP contribution is 2.19. The quantitative estimate of drug-likeness (QED) is 0.525. The number of aryl methyl sites for hydroxylation is 2. The molecule has 0 spiro atoms. The van der Waals surface area contributed by atoms with Crippen LogP contribution < -0.4 is 5.84 Å². The summed E-state index contributed by atoms with van der Waals surface area (Å²) in [6, 6.07) is 8.28. The third kappa shape index (κ3) is 2.54. The van der Waals surface area contributed by atoms with E-state index >= 15 is 0 Å². The van der Waals surface area contributed by atoms with Crippen LogP contribution in [0.2, 0.25) is 5.15 Å². The molecule has 0 fully saturated rings. The Bertz CT molecular complexity index is 569. The first-order chi connectivity index (χ1) is 8.61. The summed E-state index contributed by atoms with van der Waals surface area (Å²) >= 11 is 6.24. The fraction of sp³-hybridized carbons (Fsp3) is 0.231. The summed E-state index contributed by atoms with van der Waals surface area (Å²) in [6.07, 6.45) is 1.52. The molecule has 0 unspecified atom stereocenters. The summed E-state index contributed by atoms with van der Waals surface area (Å²) in [5, 5.41) is 8.44. The van der Waals surface area contributed by atoms with E-state index in [0.29, 0.717) is 11.7 Å². The second-order valence-electron chi connectivity index (χ2n) is 4.21. The van der Waals surface area contributed by atoms with Crippen molar-refractivity contribution in [3.05, 3.63) is 51.8 Å². The molecule has 0 aliphatic carbocycles. The summed E-state index contributed by atoms with van der Waals surface area (Å²) < 4.78 is 1.75. The molecule has 2 aromatic rings. The zero-order valence-electron chi connectivity index (χ0n) is 10.4. The minimum absolute atomic E-state index is 0.558. The van der Waals surface area contributed by atoms with Gasteiger partial charge in [0.15, 0.2) is 0 Å². The van der Waals surface area contributed by atoms with Crippen LogP contribution in [0.25, 0.3) is 0 Å². The van der Waals surface area contributed by atoms with Crippen LogP contribution in [0.15, 0.2) is 29.4 Å². The van der Waals surface area contributed by atoms with Gasteiger partial charge in [0.25, 0.3) is 0 Å². The summed E-state index contributed by atoms with van der Waals surface area (Å²) in [5.74, 6) is 5.15. The molecule has 1 heterocycles. The van der Waals surface area contributed by atoms with Gasteiger partial charge in [-0.3, -0.25) is 0 Å². The normalized spacial score (nSPS) is 11.3. The van der Waals surface area contributed by atoms with E-state index in [1.165, 1.54) is 11.8 Å². The summed E-state index contributed by atoms with van der Waals surface area (Å²) in [6.45, 7) is 4.58. The average molecular weight is 263 g/mol. The molecule has 0 atom stereocenters. The Hall–Kier alpha value is -1.81. The molecule has 1 aromatic heterocycles. The Morgan fingerprint density at radius 3 is 2.61 bits per heavy atom. The first-order valence-electron chi connectivity index (χ1n) is 5.63. The van der Waals surface area contributed by atoms with Gasteiger partial charge < -0.3 is 5.84 Å². The predicted molar refractivity (Wildman–Crippen MR) is 74.0 cm³/mol. The molecule has 0 bridgehead atoms. The van der Waals surface area contributed by atoms with Crippen LogP contribution in [0.5, 0.6) is 0 Å².